The van der Waals surface area contributed by atoms with Crippen LogP contribution in [0.15, 0.2) is 0 Å². The zero-order chi connectivity index (χ0) is 6.91. The summed E-state index contributed by atoms with van der Waals surface area (Å²) in [6.07, 6.45) is -1.97. The van der Waals surface area contributed by atoms with Gasteiger partial charge in [-0.25, -0.2) is 4.57 Å². The van der Waals surface area contributed by atoms with Gasteiger partial charge in [-0.3, -0.25) is 4.52 Å². The molecule has 0 aromatic carbocycles. The van der Waals surface area contributed by atoms with Crippen molar-refractivity contribution in [1.82, 2.24) is 0 Å². The Morgan fingerprint density at radius 2 is 2.44 bits per heavy atom. The Kier molecular flexibility index (Phi) is 2.32. The highest BCUT2D eigenvalue weighted by Crippen LogP contribution is 2.59. The largest absolute Gasteiger partial charge is 0.396 e. The van der Waals surface area contributed by atoms with Gasteiger partial charge in [0.05, 0.1) is 12.7 Å². The van der Waals surface area contributed by atoms with Crippen LogP contribution in [0.5, 0.6) is 0 Å². The molecule has 1 aliphatic rings. The molecule has 0 spiro atoms. The van der Waals surface area contributed by atoms with E-state index in [9.17, 15) is 4.57 Å². The minimum absolute atomic E-state index is 0.0453. The van der Waals surface area contributed by atoms with Crippen LogP contribution in [0.1, 0.15) is 13.3 Å². The fourth-order valence-electron chi connectivity index (χ4n) is 0.626. The molecule has 0 amide bonds. The molecule has 54 valence electrons. The van der Waals surface area contributed by atoms with Crippen LogP contribution >= 0.6 is 21.8 Å². The van der Waals surface area contributed by atoms with E-state index in [-0.39, 0.29) is 6.10 Å². The average Bonchev–Trinajstić information content (AvgIpc) is 1.60. The van der Waals surface area contributed by atoms with Crippen molar-refractivity contribution >= 4 is 21.8 Å². The molecule has 2 atom stereocenters. The van der Waals surface area contributed by atoms with Crippen LogP contribution in [-0.4, -0.2) is 12.7 Å². The summed E-state index contributed by atoms with van der Waals surface area (Å²) in [6.45, 7) is 2.39. The molecule has 0 radical (unpaired) electrons. The number of hydrogen-bond acceptors (Lipinski definition) is 3. The van der Waals surface area contributed by atoms with Gasteiger partial charge in [0.1, 0.15) is 0 Å². The van der Waals surface area contributed by atoms with Crippen LogP contribution in [0.4, 0.5) is 0 Å². The molecule has 0 saturated carbocycles. The average molecular weight is 215 g/mol. The molecule has 0 aromatic rings. The van der Waals surface area contributed by atoms with Gasteiger partial charge in [0.15, 0.2) is 0 Å². The lowest BCUT2D eigenvalue weighted by Crippen LogP contribution is -2.14. The van der Waals surface area contributed by atoms with Crippen LogP contribution in [-0.2, 0) is 13.6 Å². The van der Waals surface area contributed by atoms with E-state index in [1.165, 1.54) is 0 Å². The molecule has 1 saturated heterocycles. The normalized spacial score (nSPS) is 44.9. The molecule has 1 heterocycles. The monoisotopic (exact) mass is 214 g/mol. The van der Waals surface area contributed by atoms with Crippen molar-refractivity contribution in [2.24, 2.45) is 0 Å². The molecule has 0 aromatic heterocycles. The fraction of sp³-hybridized carbons (Fsp3) is 1.00. The van der Waals surface area contributed by atoms with Gasteiger partial charge in [-0.15, -0.1) is 0 Å². The Hall–Kier alpha value is 0.630. The van der Waals surface area contributed by atoms with Crippen molar-refractivity contribution in [1.29, 1.82) is 0 Å². The van der Waals surface area contributed by atoms with Crippen LogP contribution in [0, 0.1) is 0 Å². The highest BCUT2D eigenvalue weighted by molar-refractivity contribution is 9.39. The molecule has 0 aliphatic carbocycles. The minimum atomic E-state index is -2.83. The van der Waals surface area contributed by atoms with Gasteiger partial charge in [-0.1, -0.05) is 0 Å². The van der Waals surface area contributed by atoms with E-state index >= 15 is 0 Å². The second-order valence-corrected chi connectivity index (χ2v) is 5.90. The standard InChI is InChI=1S/C4H8BrO3P/c1-4-2-3-7-9(5,6)8-4/h4H,2-3H2,1H3/t4-,9+/m0/s1. The van der Waals surface area contributed by atoms with E-state index in [4.69, 9.17) is 9.05 Å². The van der Waals surface area contributed by atoms with Crippen molar-refractivity contribution in [3.8, 4) is 0 Å². The van der Waals surface area contributed by atoms with E-state index < -0.39 is 6.30 Å². The van der Waals surface area contributed by atoms with Gasteiger partial charge in [-0.2, -0.15) is 0 Å². The maximum atomic E-state index is 10.9. The van der Waals surface area contributed by atoms with Gasteiger partial charge >= 0.3 is 6.30 Å². The summed E-state index contributed by atoms with van der Waals surface area (Å²) in [4.78, 5) is 0. The predicted octanol–water partition coefficient (Wildman–Crippen LogP) is 2.31. The van der Waals surface area contributed by atoms with Gasteiger partial charge in [0.25, 0.3) is 0 Å². The molecular weight excluding hydrogens is 207 g/mol. The molecule has 0 bridgehead atoms. The molecule has 9 heavy (non-hydrogen) atoms. The molecule has 0 unspecified atom stereocenters. The van der Waals surface area contributed by atoms with Crippen molar-refractivity contribution in [2.45, 2.75) is 19.4 Å². The summed E-state index contributed by atoms with van der Waals surface area (Å²) in [5.74, 6) is 0. The first kappa shape index (κ1) is 7.73. The van der Waals surface area contributed by atoms with Gasteiger partial charge < -0.3 is 4.52 Å². The first-order valence-electron chi connectivity index (χ1n) is 2.73. The van der Waals surface area contributed by atoms with Crippen LogP contribution in [0.25, 0.3) is 0 Å². The van der Waals surface area contributed by atoms with Crippen LogP contribution in [0.3, 0.4) is 0 Å². The summed E-state index contributed by atoms with van der Waals surface area (Å²) < 4.78 is 20.6. The van der Waals surface area contributed by atoms with Gasteiger partial charge in [0, 0.05) is 15.5 Å². The minimum Gasteiger partial charge on any atom is -0.300 e. The molecule has 1 aliphatic heterocycles. The van der Waals surface area contributed by atoms with Gasteiger partial charge in [-0.05, 0) is 13.3 Å². The SMILES string of the molecule is C[C@H]1CCO[P@](=O)(Br)O1. The number of halogens is 1. The Morgan fingerprint density at radius 1 is 1.78 bits per heavy atom. The molecular formula is C4H8BrO3P. The fourth-order valence-corrected chi connectivity index (χ4v) is 2.84. The van der Waals surface area contributed by atoms with Crippen LogP contribution < -0.4 is 0 Å². The number of hydrogen-bond donors (Lipinski definition) is 0. The lowest BCUT2D eigenvalue weighted by atomic mass is 10.3. The summed E-state index contributed by atoms with van der Waals surface area (Å²) in [7, 11) is 0. The van der Waals surface area contributed by atoms with E-state index in [0.29, 0.717) is 6.61 Å². The highest BCUT2D eigenvalue weighted by Gasteiger charge is 2.27. The van der Waals surface area contributed by atoms with Crippen molar-refractivity contribution in [2.75, 3.05) is 6.61 Å². The highest BCUT2D eigenvalue weighted by atomic mass is 79.9. The summed E-state index contributed by atoms with van der Waals surface area (Å²) in [5, 5.41) is 0. The summed E-state index contributed by atoms with van der Waals surface area (Å²) in [6, 6.07) is 0. The van der Waals surface area contributed by atoms with Crippen molar-refractivity contribution in [3.63, 3.8) is 0 Å². The molecule has 1 rings (SSSR count). The maximum absolute atomic E-state index is 10.9. The maximum Gasteiger partial charge on any atom is 0.396 e. The third-order valence-corrected chi connectivity index (χ3v) is 3.29. The zero-order valence-corrected chi connectivity index (χ0v) is 7.52. The lowest BCUT2D eigenvalue weighted by molar-refractivity contribution is 0.105. The third-order valence-electron chi connectivity index (χ3n) is 1.08. The van der Waals surface area contributed by atoms with E-state index in [1.807, 2.05) is 6.92 Å². The Bertz CT molecular complexity index is 149. The lowest BCUT2D eigenvalue weighted by Gasteiger charge is -2.22. The van der Waals surface area contributed by atoms with E-state index in [0.717, 1.165) is 6.42 Å². The van der Waals surface area contributed by atoms with Gasteiger partial charge in [0.2, 0.25) is 0 Å². The second-order valence-electron chi connectivity index (χ2n) is 1.97. The van der Waals surface area contributed by atoms with E-state index in [1.54, 1.807) is 0 Å². The first-order chi connectivity index (χ1) is 4.10. The smallest absolute Gasteiger partial charge is 0.300 e. The Balaban J connectivity index is 2.51. The summed E-state index contributed by atoms with van der Waals surface area (Å²) in [5.41, 5.74) is 0. The third kappa shape index (κ3) is 2.38. The van der Waals surface area contributed by atoms with E-state index in [2.05, 4.69) is 15.5 Å². The zero-order valence-electron chi connectivity index (χ0n) is 5.04. The Labute approximate surface area is 62.0 Å². The topological polar surface area (TPSA) is 35.5 Å². The van der Waals surface area contributed by atoms with Crippen molar-refractivity contribution < 1.29 is 13.6 Å². The molecule has 1 fully saturated rings. The first-order valence-corrected chi connectivity index (χ1v) is 6.29. The predicted molar refractivity (Wildman–Crippen MR) is 37.6 cm³/mol. The molecule has 5 heteroatoms. The van der Waals surface area contributed by atoms with Crippen molar-refractivity contribution in [3.05, 3.63) is 0 Å². The van der Waals surface area contributed by atoms with Crippen LogP contribution in [0.2, 0.25) is 0 Å². The second kappa shape index (κ2) is 2.70. The quantitative estimate of drug-likeness (QED) is 0.581. The number of rotatable bonds is 0. The molecule has 3 nitrogen and oxygen atoms in total. The molecule has 0 N–H and O–H groups in total. The Morgan fingerprint density at radius 3 is 2.78 bits per heavy atom. The summed E-state index contributed by atoms with van der Waals surface area (Å²) >= 11 is 2.84.